The van der Waals surface area contributed by atoms with E-state index in [9.17, 15) is 0 Å². The van der Waals surface area contributed by atoms with Crippen molar-refractivity contribution in [1.82, 2.24) is 10.1 Å². The molecule has 1 aromatic heterocycles. The normalized spacial score (nSPS) is 17.9. The summed E-state index contributed by atoms with van der Waals surface area (Å²) >= 11 is 1.85. The number of nitrogens with zero attached hydrogens (tertiary/aromatic N) is 2. The number of aryl methyl sites for hydroxylation is 1. The molecule has 1 atom stereocenters. The van der Waals surface area contributed by atoms with E-state index < -0.39 is 0 Å². The van der Waals surface area contributed by atoms with E-state index in [0.29, 0.717) is 6.54 Å². The summed E-state index contributed by atoms with van der Waals surface area (Å²) in [5, 5.41) is 4.02. The van der Waals surface area contributed by atoms with Crippen molar-refractivity contribution in [3.63, 3.8) is 0 Å². The summed E-state index contributed by atoms with van der Waals surface area (Å²) in [6, 6.07) is 8.41. The van der Waals surface area contributed by atoms with Crippen LogP contribution in [0.2, 0.25) is 0 Å². The second-order valence-corrected chi connectivity index (χ2v) is 5.40. The molecule has 0 spiro atoms. The van der Waals surface area contributed by atoms with Gasteiger partial charge in [0.1, 0.15) is 0 Å². The molecule has 2 aromatic rings. The predicted octanol–water partition coefficient (Wildman–Crippen LogP) is 2.20. The monoisotopic (exact) mass is 261 g/mol. The summed E-state index contributed by atoms with van der Waals surface area (Å²) in [5.41, 5.74) is 6.78. The zero-order chi connectivity index (χ0) is 12.4. The molecule has 1 unspecified atom stereocenters. The van der Waals surface area contributed by atoms with E-state index in [4.69, 9.17) is 10.3 Å². The molecule has 94 valence electrons. The zero-order valence-corrected chi connectivity index (χ0v) is 10.8. The second-order valence-electron chi connectivity index (χ2n) is 4.34. The third-order valence-corrected chi connectivity index (χ3v) is 4.27. The Kier molecular flexibility index (Phi) is 3.34. The lowest BCUT2D eigenvalue weighted by Gasteiger charge is -2.03. The number of nitrogens with two attached hydrogens (primary N) is 1. The van der Waals surface area contributed by atoms with Crippen LogP contribution in [0.4, 0.5) is 0 Å². The quantitative estimate of drug-likeness (QED) is 0.914. The Morgan fingerprint density at radius 3 is 3.17 bits per heavy atom. The number of rotatable bonds is 4. The topological polar surface area (TPSA) is 64.9 Å². The third kappa shape index (κ3) is 2.15. The van der Waals surface area contributed by atoms with Gasteiger partial charge in [0.25, 0.3) is 0 Å². The molecule has 1 aromatic carbocycles. The average molecular weight is 261 g/mol. The summed E-state index contributed by atoms with van der Waals surface area (Å²) < 4.78 is 5.39. The number of hydrogen-bond donors (Lipinski definition) is 1. The molecular weight excluding hydrogens is 246 g/mol. The molecule has 0 saturated heterocycles. The van der Waals surface area contributed by atoms with Crippen LogP contribution in [0.15, 0.2) is 33.7 Å². The van der Waals surface area contributed by atoms with Crippen molar-refractivity contribution < 1.29 is 4.52 Å². The molecule has 5 heteroatoms. The fourth-order valence-electron chi connectivity index (χ4n) is 2.14. The van der Waals surface area contributed by atoms with Gasteiger partial charge in [-0.1, -0.05) is 23.4 Å². The predicted molar refractivity (Wildman–Crippen MR) is 70.7 cm³/mol. The summed E-state index contributed by atoms with van der Waals surface area (Å²) in [6.45, 7) is 0.659. The fourth-order valence-corrected chi connectivity index (χ4v) is 3.36. The molecule has 4 nitrogen and oxygen atoms in total. The molecule has 18 heavy (non-hydrogen) atoms. The molecule has 2 N–H and O–H groups in total. The van der Waals surface area contributed by atoms with Gasteiger partial charge >= 0.3 is 0 Å². The summed E-state index contributed by atoms with van der Waals surface area (Å²) in [4.78, 5) is 5.81. The molecule has 0 amide bonds. The Hall–Kier alpha value is -1.33. The summed E-state index contributed by atoms with van der Waals surface area (Å²) in [5.74, 6) is 2.73. The minimum absolute atomic E-state index is 0.241. The van der Waals surface area contributed by atoms with Crippen molar-refractivity contribution in [3.8, 4) is 0 Å². The largest absolute Gasteiger partial charge is 0.339 e. The second kappa shape index (κ2) is 5.12. The van der Waals surface area contributed by atoms with Gasteiger partial charge < -0.3 is 10.3 Å². The highest BCUT2D eigenvalue weighted by atomic mass is 32.2. The van der Waals surface area contributed by atoms with Gasteiger partial charge in [-0.25, -0.2) is 0 Å². The minimum atomic E-state index is 0.241. The maximum absolute atomic E-state index is 5.48. The van der Waals surface area contributed by atoms with Gasteiger partial charge in [0.05, 0.1) is 5.92 Å². The average Bonchev–Trinajstić information content (AvgIpc) is 3.02. The first-order valence-corrected chi connectivity index (χ1v) is 7.11. The van der Waals surface area contributed by atoms with Crippen molar-refractivity contribution in [2.75, 3.05) is 12.3 Å². The Morgan fingerprint density at radius 1 is 1.39 bits per heavy atom. The fraction of sp³-hybridized carbons (Fsp3) is 0.385. The molecule has 1 aliphatic heterocycles. The van der Waals surface area contributed by atoms with E-state index >= 15 is 0 Å². The Morgan fingerprint density at radius 2 is 2.28 bits per heavy atom. The maximum atomic E-state index is 5.48. The van der Waals surface area contributed by atoms with Crippen molar-refractivity contribution in [1.29, 1.82) is 0 Å². The summed E-state index contributed by atoms with van der Waals surface area (Å²) in [6.07, 6.45) is 1.69. The van der Waals surface area contributed by atoms with Gasteiger partial charge in [-0.15, -0.1) is 11.8 Å². The minimum Gasteiger partial charge on any atom is -0.339 e. The number of aromatic nitrogens is 2. The number of benzene rings is 1. The van der Waals surface area contributed by atoms with Gasteiger partial charge in [0, 0.05) is 17.1 Å². The van der Waals surface area contributed by atoms with Crippen LogP contribution in [0.1, 0.15) is 29.6 Å². The lowest BCUT2D eigenvalue weighted by molar-refractivity contribution is 0.366. The van der Waals surface area contributed by atoms with Crippen LogP contribution in [0.3, 0.4) is 0 Å². The number of hydrogen-bond acceptors (Lipinski definition) is 5. The Labute approximate surface area is 110 Å². The molecule has 0 saturated carbocycles. The van der Waals surface area contributed by atoms with E-state index in [-0.39, 0.29) is 5.92 Å². The van der Waals surface area contributed by atoms with E-state index in [2.05, 4.69) is 34.4 Å². The highest BCUT2D eigenvalue weighted by Crippen LogP contribution is 2.42. The van der Waals surface area contributed by atoms with Crippen LogP contribution < -0.4 is 5.73 Å². The third-order valence-electron chi connectivity index (χ3n) is 3.09. The molecule has 0 fully saturated rings. The lowest BCUT2D eigenvalue weighted by atomic mass is 10.0. The SMILES string of the molecule is NCCCc1noc(C2CSc3ccccc32)n1. The van der Waals surface area contributed by atoms with E-state index in [1.165, 1.54) is 10.5 Å². The summed E-state index contributed by atoms with van der Waals surface area (Å²) in [7, 11) is 0. The number of fused-ring (bicyclic) bond motifs is 1. The first-order valence-electron chi connectivity index (χ1n) is 6.13. The van der Waals surface area contributed by atoms with Crippen LogP contribution in [-0.2, 0) is 6.42 Å². The standard InChI is InChI=1S/C13H15N3OS/c14-7-3-6-12-15-13(17-16-12)10-8-18-11-5-2-1-4-9(10)11/h1-2,4-5,10H,3,6-8,14H2. The lowest BCUT2D eigenvalue weighted by Crippen LogP contribution is -2.02. The van der Waals surface area contributed by atoms with Gasteiger partial charge in [-0.3, -0.25) is 0 Å². The van der Waals surface area contributed by atoms with Crippen molar-refractivity contribution in [2.45, 2.75) is 23.7 Å². The maximum Gasteiger partial charge on any atom is 0.235 e. The molecule has 1 aliphatic rings. The van der Waals surface area contributed by atoms with Gasteiger partial charge in [-0.2, -0.15) is 4.98 Å². The van der Waals surface area contributed by atoms with Crippen LogP contribution in [0, 0.1) is 0 Å². The molecule has 3 rings (SSSR count). The van der Waals surface area contributed by atoms with Crippen LogP contribution in [0.25, 0.3) is 0 Å². The van der Waals surface area contributed by atoms with Gasteiger partial charge in [-0.05, 0) is 24.6 Å². The van der Waals surface area contributed by atoms with E-state index in [1.807, 2.05) is 11.8 Å². The van der Waals surface area contributed by atoms with Crippen LogP contribution in [-0.4, -0.2) is 22.4 Å². The van der Waals surface area contributed by atoms with Crippen molar-refractivity contribution in [2.24, 2.45) is 5.73 Å². The first-order chi connectivity index (χ1) is 8.88. The highest BCUT2D eigenvalue weighted by Gasteiger charge is 2.28. The van der Waals surface area contributed by atoms with Gasteiger partial charge in [0.2, 0.25) is 5.89 Å². The molecule has 0 radical (unpaired) electrons. The smallest absolute Gasteiger partial charge is 0.235 e. The van der Waals surface area contributed by atoms with Crippen LogP contribution >= 0.6 is 11.8 Å². The molecule has 2 heterocycles. The molecular formula is C13H15N3OS. The zero-order valence-electron chi connectivity index (χ0n) is 10.0. The molecule has 0 bridgehead atoms. The Balaban J connectivity index is 1.82. The van der Waals surface area contributed by atoms with Crippen LogP contribution in [0.5, 0.6) is 0 Å². The van der Waals surface area contributed by atoms with E-state index in [1.54, 1.807) is 0 Å². The first kappa shape index (κ1) is 11.7. The van der Waals surface area contributed by atoms with Crippen molar-refractivity contribution in [3.05, 3.63) is 41.5 Å². The molecule has 0 aliphatic carbocycles. The highest BCUT2D eigenvalue weighted by molar-refractivity contribution is 7.99. The Bertz CT molecular complexity index is 541. The van der Waals surface area contributed by atoms with Crippen molar-refractivity contribution >= 4 is 11.8 Å². The number of thioether (sulfide) groups is 1. The van der Waals surface area contributed by atoms with Gasteiger partial charge in [0.15, 0.2) is 5.82 Å². The van der Waals surface area contributed by atoms with E-state index in [0.717, 1.165) is 30.3 Å².